The van der Waals surface area contributed by atoms with Gasteiger partial charge in [-0.05, 0) is 35.7 Å². The molecule has 152 valence electrons. The summed E-state index contributed by atoms with van der Waals surface area (Å²) in [6.07, 6.45) is 0. The van der Waals surface area contributed by atoms with E-state index in [1.54, 1.807) is 7.11 Å². The van der Waals surface area contributed by atoms with Crippen molar-refractivity contribution in [3.63, 3.8) is 0 Å². The van der Waals surface area contributed by atoms with Crippen LogP contribution in [0.1, 0.15) is 35.9 Å². The summed E-state index contributed by atoms with van der Waals surface area (Å²) >= 11 is 0. The molecule has 0 aliphatic rings. The maximum atomic E-state index is 12.9. The number of pyridine rings is 1. The number of hydrogen-bond acceptors (Lipinski definition) is 5. The van der Waals surface area contributed by atoms with E-state index >= 15 is 0 Å². The Bertz CT molecular complexity index is 1180. The summed E-state index contributed by atoms with van der Waals surface area (Å²) < 4.78 is 7.46. The molecule has 1 aromatic carbocycles. The number of methoxy groups -OCH3 is 1. The molecule has 8 nitrogen and oxygen atoms in total. The van der Waals surface area contributed by atoms with Gasteiger partial charge in [0.2, 0.25) is 0 Å². The second kappa shape index (κ2) is 7.90. The van der Waals surface area contributed by atoms with E-state index in [0.717, 1.165) is 15.9 Å². The van der Waals surface area contributed by atoms with Crippen LogP contribution in [-0.4, -0.2) is 27.1 Å². The minimum atomic E-state index is -0.495. The van der Waals surface area contributed by atoms with Gasteiger partial charge < -0.3 is 10.1 Å². The number of benzene rings is 1. The molecule has 2 aromatic heterocycles. The highest BCUT2D eigenvalue weighted by atomic mass is 16.5. The molecule has 8 heteroatoms. The number of aromatic nitrogens is 3. The summed E-state index contributed by atoms with van der Waals surface area (Å²) in [5.74, 6) is 0.486. The van der Waals surface area contributed by atoms with E-state index < -0.39 is 11.2 Å². The lowest BCUT2D eigenvalue weighted by molar-refractivity contribution is 0.0921. The highest BCUT2D eigenvalue weighted by Gasteiger charge is 2.21. The number of nitrogens with zero attached hydrogens (tertiary/aromatic N) is 3. The number of aryl methyl sites for hydroxylation is 1. The van der Waals surface area contributed by atoms with Gasteiger partial charge in [-0.15, -0.1) is 0 Å². The second-order valence-electron chi connectivity index (χ2n) is 7.24. The van der Waals surface area contributed by atoms with Crippen LogP contribution in [0.15, 0.2) is 46.0 Å². The van der Waals surface area contributed by atoms with E-state index in [1.807, 2.05) is 38.1 Å². The third kappa shape index (κ3) is 3.78. The smallest absolute Gasteiger partial charge is 0.332 e. The molecule has 0 spiro atoms. The highest BCUT2D eigenvalue weighted by molar-refractivity contribution is 5.94. The first-order chi connectivity index (χ1) is 13.7. The monoisotopic (exact) mass is 396 g/mol. The topological polar surface area (TPSA) is 95.2 Å². The summed E-state index contributed by atoms with van der Waals surface area (Å²) in [6.45, 7) is 4.02. The SMILES string of the molecule is COc1ccc(C(NC(=O)c2ccc3c(=O)n(C)c(=O)n(C)c3n2)C(C)C)cc1. The zero-order valence-electron chi connectivity index (χ0n) is 17.1. The summed E-state index contributed by atoms with van der Waals surface area (Å²) in [7, 11) is 4.53. The van der Waals surface area contributed by atoms with Gasteiger partial charge in [0.25, 0.3) is 11.5 Å². The lowest BCUT2D eigenvalue weighted by Crippen LogP contribution is -2.38. The van der Waals surface area contributed by atoms with Crippen molar-refractivity contribution in [2.24, 2.45) is 20.0 Å². The van der Waals surface area contributed by atoms with Crippen molar-refractivity contribution >= 4 is 16.9 Å². The Balaban J connectivity index is 1.97. The first-order valence-electron chi connectivity index (χ1n) is 9.26. The van der Waals surface area contributed by atoms with E-state index in [2.05, 4.69) is 10.3 Å². The molecule has 1 amide bonds. The van der Waals surface area contributed by atoms with Crippen LogP contribution in [-0.2, 0) is 14.1 Å². The second-order valence-corrected chi connectivity index (χ2v) is 7.24. The number of carbonyl (C=O) groups is 1. The molecular formula is C21H24N4O4. The van der Waals surface area contributed by atoms with E-state index in [0.29, 0.717) is 0 Å². The standard InChI is InChI=1S/C21H24N4O4/c1-12(2)17(13-6-8-14(29-5)9-7-13)23-19(26)16-11-10-15-18(22-16)24(3)21(28)25(4)20(15)27/h6-12,17H,1-5H3,(H,23,26). The molecule has 1 unspecified atom stereocenters. The number of nitrogens with one attached hydrogen (secondary N) is 1. The van der Waals surface area contributed by atoms with Crippen molar-refractivity contribution in [3.05, 3.63) is 68.5 Å². The number of fused-ring (bicyclic) bond motifs is 1. The summed E-state index contributed by atoms with van der Waals surface area (Å²) in [5, 5.41) is 3.28. The summed E-state index contributed by atoms with van der Waals surface area (Å²) in [5.41, 5.74) is 0.319. The molecule has 0 fully saturated rings. The van der Waals surface area contributed by atoms with Gasteiger partial charge in [0, 0.05) is 14.1 Å². The third-order valence-corrected chi connectivity index (χ3v) is 4.96. The van der Waals surface area contributed by atoms with Crippen molar-refractivity contribution in [3.8, 4) is 5.75 Å². The van der Waals surface area contributed by atoms with Gasteiger partial charge in [-0.2, -0.15) is 0 Å². The Morgan fingerprint density at radius 1 is 1.03 bits per heavy atom. The van der Waals surface area contributed by atoms with Gasteiger partial charge in [0.15, 0.2) is 0 Å². The normalized spacial score (nSPS) is 12.2. The molecule has 1 N–H and O–H groups in total. The Kier molecular flexibility index (Phi) is 5.54. The van der Waals surface area contributed by atoms with Crippen molar-refractivity contribution < 1.29 is 9.53 Å². The lowest BCUT2D eigenvalue weighted by atomic mass is 9.95. The van der Waals surface area contributed by atoms with Crippen molar-refractivity contribution in [1.82, 2.24) is 19.4 Å². The fourth-order valence-electron chi connectivity index (χ4n) is 3.24. The molecule has 0 aliphatic heterocycles. The van der Waals surface area contributed by atoms with E-state index in [4.69, 9.17) is 4.74 Å². The van der Waals surface area contributed by atoms with Gasteiger partial charge in [-0.3, -0.25) is 18.7 Å². The fourth-order valence-corrected chi connectivity index (χ4v) is 3.24. The van der Waals surface area contributed by atoms with Crippen LogP contribution < -0.4 is 21.3 Å². The number of hydrogen-bond donors (Lipinski definition) is 1. The zero-order chi connectivity index (χ0) is 21.3. The largest absolute Gasteiger partial charge is 0.497 e. The van der Waals surface area contributed by atoms with E-state index in [9.17, 15) is 14.4 Å². The average molecular weight is 396 g/mol. The first-order valence-corrected chi connectivity index (χ1v) is 9.26. The molecule has 1 atom stereocenters. The van der Waals surface area contributed by atoms with Crippen LogP contribution in [0, 0.1) is 5.92 Å². The highest BCUT2D eigenvalue weighted by Crippen LogP contribution is 2.24. The molecule has 0 aliphatic carbocycles. The van der Waals surface area contributed by atoms with Gasteiger partial charge in [-0.25, -0.2) is 9.78 Å². The first kappa shape index (κ1) is 20.3. The van der Waals surface area contributed by atoms with Crippen LogP contribution in [0.4, 0.5) is 0 Å². The predicted molar refractivity (Wildman–Crippen MR) is 110 cm³/mol. The fraction of sp³-hybridized carbons (Fsp3) is 0.333. The average Bonchev–Trinajstić information content (AvgIpc) is 2.73. The minimum Gasteiger partial charge on any atom is -0.497 e. The summed E-state index contributed by atoms with van der Waals surface area (Å²) in [4.78, 5) is 41.6. The Hall–Kier alpha value is -3.42. The van der Waals surface area contributed by atoms with Crippen LogP contribution >= 0.6 is 0 Å². The molecule has 0 radical (unpaired) electrons. The molecule has 0 saturated carbocycles. The van der Waals surface area contributed by atoms with Crippen LogP contribution in [0.25, 0.3) is 11.0 Å². The van der Waals surface area contributed by atoms with Crippen molar-refractivity contribution in [2.75, 3.05) is 7.11 Å². The van der Waals surface area contributed by atoms with Crippen molar-refractivity contribution in [1.29, 1.82) is 0 Å². The van der Waals surface area contributed by atoms with Crippen LogP contribution in [0.3, 0.4) is 0 Å². The van der Waals surface area contributed by atoms with Gasteiger partial charge in [-0.1, -0.05) is 26.0 Å². The Morgan fingerprint density at radius 3 is 2.28 bits per heavy atom. The molecule has 29 heavy (non-hydrogen) atoms. The van der Waals surface area contributed by atoms with E-state index in [-0.39, 0.29) is 34.6 Å². The molecule has 0 saturated heterocycles. The van der Waals surface area contributed by atoms with Gasteiger partial charge in [0.05, 0.1) is 18.5 Å². The van der Waals surface area contributed by atoms with Crippen LogP contribution in [0.2, 0.25) is 0 Å². The predicted octanol–water partition coefficient (Wildman–Crippen LogP) is 1.77. The van der Waals surface area contributed by atoms with Gasteiger partial charge >= 0.3 is 5.69 Å². The van der Waals surface area contributed by atoms with Crippen molar-refractivity contribution in [2.45, 2.75) is 19.9 Å². The number of rotatable bonds is 5. The maximum absolute atomic E-state index is 12.9. The Morgan fingerprint density at radius 2 is 1.69 bits per heavy atom. The lowest BCUT2D eigenvalue weighted by Gasteiger charge is -2.23. The van der Waals surface area contributed by atoms with E-state index in [1.165, 1.54) is 30.8 Å². The summed E-state index contributed by atoms with van der Waals surface area (Å²) in [6, 6.07) is 10.3. The Labute approximate surface area is 167 Å². The molecule has 3 rings (SSSR count). The quantitative estimate of drug-likeness (QED) is 0.709. The van der Waals surface area contributed by atoms with Gasteiger partial charge in [0.1, 0.15) is 17.1 Å². The zero-order valence-corrected chi connectivity index (χ0v) is 17.1. The number of amides is 1. The number of ether oxygens (including phenoxy) is 1. The molecule has 2 heterocycles. The minimum absolute atomic E-state index is 0.129. The maximum Gasteiger partial charge on any atom is 0.332 e. The molecule has 0 bridgehead atoms. The van der Waals surface area contributed by atoms with Crippen LogP contribution in [0.5, 0.6) is 5.75 Å². The molecular weight excluding hydrogens is 372 g/mol. The molecule has 3 aromatic rings. The number of carbonyl (C=O) groups excluding carboxylic acids is 1. The third-order valence-electron chi connectivity index (χ3n) is 4.96.